The maximum absolute atomic E-state index is 4.94. The van der Waals surface area contributed by atoms with Gasteiger partial charge in [0.2, 0.25) is 0 Å². The number of hydrazone groups is 1. The maximum atomic E-state index is 4.94. The van der Waals surface area contributed by atoms with Crippen molar-refractivity contribution in [1.29, 1.82) is 0 Å². The second-order valence-electron chi connectivity index (χ2n) is 7.48. The predicted molar refractivity (Wildman–Crippen MR) is 127 cm³/mol. The third-order valence-corrected chi connectivity index (χ3v) is 4.86. The number of nitrogens with zero attached hydrogens (tertiary/aromatic N) is 4. The van der Waals surface area contributed by atoms with E-state index in [0.717, 1.165) is 54.3 Å². The predicted octanol–water partition coefficient (Wildman–Crippen LogP) is 5.83. The standard InChI is InChI=1S/C25H31N5/c1-5-15-30(16-6-2)25-20(4)23(27-24(28-25)22-13-8-7-9-14-22)29-26-18-21-12-10-11-19(3)17-21/h7-14,17-18H,5-6,15-16H2,1-4H3,(H,27,28,29)/b26-18+. The number of aromatic nitrogens is 2. The van der Waals surface area contributed by atoms with Crippen molar-refractivity contribution in [2.45, 2.75) is 40.5 Å². The molecule has 0 saturated heterocycles. The first-order valence-electron chi connectivity index (χ1n) is 10.7. The molecule has 0 amide bonds. The lowest BCUT2D eigenvalue weighted by Crippen LogP contribution is -2.27. The number of aryl methyl sites for hydroxylation is 1. The molecule has 1 N–H and O–H groups in total. The number of hydrogen-bond acceptors (Lipinski definition) is 5. The van der Waals surface area contributed by atoms with Crippen molar-refractivity contribution in [2.24, 2.45) is 5.10 Å². The van der Waals surface area contributed by atoms with E-state index in [-0.39, 0.29) is 0 Å². The van der Waals surface area contributed by atoms with Gasteiger partial charge in [-0.1, -0.05) is 74.0 Å². The van der Waals surface area contributed by atoms with E-state index < -0.39 is 0 Å². The molecule has 5 nitrogen and oxygen atoms in total. The van der Waals surface area contributed by atoms with Crippen molar-refractivity contribution >= 4 is 17.9 Å². The fourth-order valence-electron chi connectivity index (χ4n) is 3.42. The minimum absolute atomic E-state index is 0.710. The van der Waals surface area contributed by atoms with Gasteiger partial charge in [-0.15, -0.1) is 0 Å². The first-order chi connectivity index (χ1) is 14.6. The summed E-state index contributed by atoms with van der Waals surface area (Å²) in [6.45, 7) is 10.5. The van der Waals surface area contributed by atoms with Gasteiger partial charge in [-0.3, -0.25) is 5.43 Å². The molecule has 3 rings (SSSR count). The van der Waals surface area contributed by atoms with Gasteiger partial charge < -0.3 is 4.90 Å². The van der Waals surface area contributed by atoms with Gasteiger partial charge in [0.1, 0.15) is 5.82 Å². The Labute approximate surface area is 179 Å². The molecule has 30 heavy (non-hydrogen) atoms. The molecular formula is C25H31N5. The average Bonchev–Trinajstić information content (AvgIpc) is 2.75. The van der Waals surface area contributed by atoms with E-state index in [1.54, 1.807) is 0 Å². The number of hydrogen-bond donors (Lipinski definition) is 1. The van der Waals surface area contributed by atoms with E-state index in [1.807, 2.05) is 48.7 Å². The zero-order chi connectivity index (χ0) is 21.3. The lowest BCUT2D eigenvalue weighted by molar-refractivity contribution is 0.730. The Morgan fingerprint density at radius 2 is 1.67 bits per heavy atom. The summed E-state index contributed by atoms with van der Waals surface area (Å²) in [6.07, 6.45) is 3.96. The van der Waals surface area contributed by atoms with E-state index in [9.17, 15) is 0 Å². The molecule has 0 spiro atoms. The number of rotatable bonds is 9. The fourth-order valence-corrected chi connectivity index (χ4v) is 3.42. The number of anilines is 2. The Balaban J connectivity index is 1.98. The topological polar surface area (TPSA) is 53.4 Å². The highest BCUT2D eigenvalue weighted by Crippen LogP contribution is 2.28. The summed E-state index contributed by atoms with van der Waals surface area (Å²) in [5.74, 6) is 2.42. The van der Waals surface area contributed by atoms with Crippen LogP contribution < -0.4 is 10.3 Å². The normalized spacial score (nSPS) is 11.1. The van der Waals surface area contributed by atoms with Crippen LogP contribution in [0.1, 0.15) is 43.4 Å². The molecular weight excluding hydrogens is 370 g/mol. The van der Waals surface area contributed by atoms with Crippen molar-refractivity contribution in [3.63, 3.8) is 0 Å². The van der Waals surface area contributed by atoms with E-state index in [4.69, 9.17) is 9.97 Å². The Kier molecular flexibility index (Phi) is 7.55. The quantitative estimate of drug-likeness (QED) is 0.362. The van der Waals surface area contributed by atoms with Crippen LogP contribution in [0.3, 0.4) is 0 Å². The fraction of sp³-hybridized carbons (Fsp3) is 0.320. The average molecular weight is 402 g/mol. The van der Waals surface area contributed by atoms with Crippen molar-refractivity contribution in [3.05, 3.63) is 71.3 Å². The molecule has 0 aliphatic carbocycles. The van der Waals surface area contributed by atoms with Crippen LogP contribution in [0.15, 0.2) is 59.7 Å². The van der Waals surface area contributed by atoms with Gasteiger partial charge in [0.25, 0.3) is 0 Å². The van der Waals surface area contributed by atoms with Crippen molar-refractivity contribution in [2.75, 3.05) is 23.4 Å². The van der Waals surface area contributed by atoms with Crippen molar-refractivity contribution in [1.82, 2.24) is 9.97 Å². The molecule has 1 heterocycles. The SMILES string of the molecule is CCCN(CCC)c1nc(-c2ccccc2)nc(N/N=C/c2cccc(C)c2)c1C. The first kappa shape index (κ1) is 21.5. The summed E-state index contributed by atoms with van der Waals surface area (Å²) in [7, 11) is 0. The molecule has 5 heteroatoms. The highest BCUT2D eigenvalue weighted by molar-refractivity contribution is 5.80. The summed E-state index contributed by atoms with van der Waals surface area (Å²) in [6, 6.07) is 18.4. The summed E-state index contributed by atoms with van der Waals surface area (Å²) in [4.78, 5) is 12.1. The largest absolute Gasteiger partial charge is 0.356 e. The van der Waals surface area contributed by atoms with Gasteiger partial charge in [0.15, 0.2) is 11.6 Å². The summed E-state index contributed by atoms with van der Waals surface area (Å²) in [5.41, 5.74) is 7.43. The molecule has 0 aliphatic heterocycles. The van der Waals surface area contributed by atoms with Gasteiger partial charge in [-0.05, 0) is 32.3 Å². The molecule has 0 atom stereocenters. The zero-order valence-electron chi connectivity index (χ0n) is 18.4. The summed E-state index contributed by atoms with van der Waals surface area (Å²) >= 11 is 0. The zero-order valence-corrected chi connectivity index (χ0v) is 18.4. The minimum Gasteiger partial charge on any atom is -0.356 e. The second kappa shape index (κ2) is 10.5. The van der Waals surface area contributed by atoms with Crippen molar-refractivity contribution < 1.29 is 0 Å². The van der Waals surface area contributed by atoms with E-state index in [1.165, 1.54) is 5.56 Å². The Hall–Kier alpha value is -3.21. The maximum Gasteiger partial charge on any atom is 0.163 e. The van der Waals surface area contributed by atoms with Crippen LogP contribution in [-0.2, 0) is 0 Å². The van der Waals surface area contributed by atoms with Crippen LogP contribution in [0.25, 0.3) is 11.4 Å². The number of benzene rings is 2. The molecule has 0 bridgehead atoms. The van der Waals surface area contributed by atoms with Crippen LogP contribution >= 0.6 is 0 Å². The molecule has 0 saturated carbocycles. The lowest BCUT2D eigenvalue weighted by atomic mass is 10.2. The molecule has 0 unspecified atom stereocenters. The smallest absolute Gasteiger partial charge is 0.163 e. The molecule has 1 aromatic heterocycles. The molecule has 0 radical (unpaired) electrons. The van der Waals surface area contributed by atoms with Crippen LogP contribution in [-0.4, -0.2) is 29.3 Å². The second-order valence-corrected chi connectivity index (χ2v) is 7.48. The van der Waals surface area contributed by atoms with Gasteiger partial charge in [0.05, 0.1) is 6.21 Å². The van der Waals surface area contributed by atoms with E-state index >= 15 is 0 Å². The van der Waals surface area contributed by atoms with E-state index in [0.29, 0.717) is 5.82 Å². The minimum atomic E-state index is 0.710. The van der Waals surface area contributed by atoms with E-state index in [2.05, 4.69) is 55.3 Å². The van der Waals surface area contributed by atoms with Crippen LogP contribution in [0.5, 0.6) is 0 Å². The highest BCUT2D eigenvalue weighted by Gasteiger charge is 2.16. The van der Waals surface area contributed by atoms with Gasteiger partial charge in [-0.25, -0.2) is 9.97 Å². The highest BCUT2D eigenvalue weighted by atomic mass is 15.3. The monoisotopic (exact) mass is 401 g/mol. The van der Waals surface area contributed by atoms with Crippen LogP contribution in [0, 0.1) is 13.8 Å². The summed E-state index contributed by atoms with van der Waals surface area (Å²) < 4.78 is 0. The lowest BCUT2D eigenvalue weighted by Gasteiger charge is -2.25. The van der Waals surface area contributed by atoms with Gasteiger partial charge in [0, 0.05) is 24.2 Å². The molecule has 2 aromatic carbocycles. The number of nitrogens with one attached hydrogen (secondary N) is 1. The van der Waals surface area contributed by atoms with Crippen LogP contribution in [0.2, 0.25) is 0 Å². The van der Waals surface area contributed by atoms with Gasteiger partial charge in [-0.2, -0.15) is 5.10 Å². The molecule has 156 valence electrons. The molecule has 0 aliphatic rings. The van der Waals surface area contributed by atoms with Crippen LogP contribution in [0.4, 0.5) is 11.6 Å². The Morgan fingerprint density at radius 3 is 2.33 bits per heavy atom. The summed E-state index contributed by atoms with van der Waals surface area (Å²) in [5, 5.41) is 4.46. The Morgan fingerprint density at radius 1 is 0.933 bits per heavy atom. The first-order valence-corrected chi connectivity index (χ1v) is 10.7. The van der Waals surface area contributed by atoms with Crippen molar-refractivity contribution in [3.8, 4) is 11.4 Å². The third kappa shape index (κ3) is 5.44. The molecule has 0 fully saturated rings. The molecule has 3 aromatic rings. The van der Waals surface area contributed by atoms with Gasteiger partial charge >= 0.3 is 0 Å². The Bertz CT molecular complexity index is 976. The third-order valence-electron chi connectivity index (χ3n) is 4.86.